The second kappa shape index (κ2) is 7.14. The molecule has 0 heterocycles. The fourth-order valence-corrected chi connectivity index (χ4v) is 2.41. The molecule has 0 unspecified atom stereocenters. The first kappa shape index (κ1) is 16.8. The minimum atomic E-state index is -0.133. The molecular formula is C18H28N2O2. The summed E-state index contributed by atoms with van der Waals surface area (Å²) in [5, 5.41) is 3.12. The van der Waals surface area contributed by atoms with Crippen molar-refractivity contribution < 1.29 is 9.53 Å². The number of nitrogens with one attached hydrogen (secondary N) is 1. The maximum Gasteiger partial charge on any atom is 0.234 e. The van der Waals surface area contributed by atoms with E-state index < -0.39 is 0 Å². The second-order valence-electron chi connectivity index (χ2n) is 6.77. The molecule has 2 rings (SSSR count). The van der Waals surface area contributed by atoms with Crippen LogP contribution in [-0.4, -0.2) is 36.0 Å². The molecular weight excluding hydrogens is 276 g/mol. The van der Waals surface area contributed by atoms with E-state index in [0.29, 0.717) is 12.6 Å². The van der Waals surface area contributed by atoms with Crippen LogP contribution in [0, 0.1) is 0 Å². The van der Waals surface area contributed by atoms with Crippen LogP contribution in [0.25, 0.3) is 0 Å². The molecule has 1 amide bonds. The van der Waals surface area contributed by atoms with Gasteiger partial charge in [-0.25, -0.2) is 0 Å². The van der Waals surface area contributed by atoms with Gasteiger partial charge < -0.3 is 10.1 Å². The first-order valence-corrected chi connectivity index (χ1v) is 8.11. The molecule has 122 valence electrons. The highest BCUT2D eigenvalue weighted by molar-refractivity contribution is 5.78. The Kier molecular flexibility index (Phi) is 5.46. The summed E-state index contributed by atoms with van der Waals surface area (Å²) in [6.45, 7) is 7.51. The van der Waals surface area contributed by atoms with Crippen LogP contribution < -0.4 is 10.1 Å². The molecule has 1 aromatic rings. The Bertz CT molecular complexity index is 492. The van der Waals surface area contributed by atoms with Gasteiger partial charge in [-0.3, -0.25) is 9.69 Å². The van der Waals surface area contributed by atoms with Crippen molar-refractivity contribution in [2.24, 2.45) is 0 Å². The van der Waals surface area contributed by atoms with Crippen molar-refractivity contribution in [3.8, 4) is 5.75 Å². The lowest BCUT2D eigenvalue weighted by atomic mass is 10.0. The molecule has 0 aliphatic heterocycles. The number of carbonyl (C=O) groups is 1. The van der Waals surface area contributed by atoms with Gasteiger partial charge >= 0.3 is 0 Å². The molecule has 1 aromatic carbocycles. The van der Waals surface area contributed by atoms with Crippen LogP contribution in [0.5, 0.6) is 5.75 Å². The molecule has 0 bridgehead atoms. The van der Waals surface area contributed by atoms with Crippen molar-refractivity contribution in [3.05, 3.63) is 29.8 Å². The normalized spacial score (nSPS) is 15.0. The zero-order valence-corrected chi connectivity index (χ0v) is 14.2. The van der Waals surface area contributed by atoms with E-state index >= 15 is 0 Å². The van der Waals surface area contributed by atoms with E-state index in [1.54, 1.807) is 7.11 Å². The highest BCUT2D eigenvalue weighted by Crippen LogP contribution is 2.28. The second-order valence-corrected chi connectivity index (χ2v) is 6.77. The minimum Gasteiger partial charge on any atom is -0.497 e. The Hall–Kier alpha value is -1.55. The van der Waals surface area contributed by atoms with Gasteiger partial charge in [0, 0.05) is 18.1 Å². The SMILES string of the molecule is CCC(C)(C)NC(=O)CN(Cc1ccc(OC)cc1)C1CC1. The molecule has 1 aliphatic carbocycles. The van der Waals surface area contributed by atoms with Crippen molar-refractivity contribution in [2.75, 3.05) is 13.7 Å². The van der Waals surface area contributed by atoms with Crippen LogP contribution >= 0.6 is 0 Å². The van der Waals surface area contributed by atoms with E-state index in [2.05, 4.69) is 43.1 Å². The lowest BCUT2D eigenvalue weighted by molar-refractivity contribution is -0.124. The maximum atomic E-state index is 12.3. The van der Waals surface area contributed by atoms with Gasteiger partial charge in [-0.1, -0.05) is 19.1 Å². The van der Waals surface area contributed by atoms with Gasteiger partial charge in [0.2, 0.25) is 5.91 Å². The molecule has 0 atom stereocenters. The van der Waals surface area contributed by atoms with E-state index in [-0.39, 0.29) is 11.4 Å². The summed E-state index contributed by atoms with van der Waals surface area (Å²) in [6.07, 6.45) is 3.32. The minimum absolute atomic E-state index is 0.118. The summed E-state index contributed by atoms with van der Waals surface area (Å²) >= 11 is 0. The fraction of sp³-hybridized carbons (Fsp3) is 0.611. The molecule has 22 heavy (non-hydrogen) atoms. The Morgan fingerprint density at radius 2 is 1.95 bits per heavy atom. The largest absolute Gasteiger partial charge is 0.497 e. The first-order valence-electron chi connectivity index (χ1n) is 8.11. The van der Waals surface area contributed by atoms with E-state index in [0.717, 1.165) is 18.7 Å². The highest BCUT2D eigenvalue weighted by Gasteiger charge is 2.31. The molecule has 4 heteroatoms. The van der Waals surface area contributed by atoms with Crippen molar-refractivity contribution in [1.82, 2.24) is 10.2 Å². The van der Waals surface area contributed by atoms with Crippen LogP contribution in [0.3, 0.4) is 0 Å². The average molecular weight is 304 g/mol. The lowest BCUT2D eigenvalue weighted by Gasteiger charge is -2.27. The predicted molar refractivity (Wildman–Crippen MR) is 88.9 cm³/mol. The van der Waals surface area contributed by atoms with Gasteiger partial charge in [-0.05, 0) is 50.8 Å². The maximum absolute atomic E-state index is 12.3. The van der Waals surface area contributed by atoms with Crippen LogP contribution in [0.4, 0.5) is 0 Å². The highest BCUT2D eigenvalue weighted by atomic mass is 16.5. The summed E-state index contributed by atoms with van der Waals surface area (Å²) in [4.78, 5) is 14.6. The fourth-order valence-electron chi connectivity index (χ4n) is 2.41. The molecule has 0 saturated heterocycles. The molecule has 1 aliphatic rings. The first-order chi connectivity index (χ1) is 10.4. The van der Waals surface area contributed by atoms with Crippen LogP contribution in [-0.2, 0) is 11.3 Å². The summed E-state index contributed by atoms with van der Waals surface area (Å²) in [6, 6.07) is 8.64. The number of ether oxygens (including phenoxy) is 1. The molecule has 1 saturated carbocycles. The molecule has 1 N–H and O–H groups in total. The van der Waals surface area contributed by atoms with Gasteiger partial charge in [-0.15, -0.1) is 0 Å². The van der Waals surface area contributed by atoms with Gasteiger partial charge in [0.15, 0.2) is 0 Å². The Morgan fingerprint density at radius 3 is 2.45 bits per heavy atom. The summed E-state index contributed by atoms with van der Waals surface area (Å²) in [5.41, 5.74) is 1.09. The van der Waals surface area contributed by atoms with Crippen LogP contribution in [0.15, 0.2) is 24.3 Å². The average Bonchev–Trinajstić information content (AvgIpc) is 3.31. The summed E-state index contributed by atoms with van der Waals surface area (Å²) in [7, 11) is 1.67. The zero-order valence-electron chi connectivity index (χ0n) is 14.2. The third-order valence-corrected chi connectivity index (χ3v) is 4.32. The zero-order chi connectivity index (χ0) is 16.2. The van der Waals surface area contributed by atoms with Gasteiger partial charge in [-0.2, -0.15) is 0 Å². The molecule has 1 fully saturated rings. The molecule has 0 radical (unpaired) electrons. The summed E-state index contributed by atoms with van der Waals surface area (Å²) in [5.74, 6) is 0.983. The van der Waals surface area contributed by atoms with E-state index in [4.69, 9.17) is 4.74 Å². The number of benzene rings is 1. The number of rotatable bonds is 8. The molecule has 0 spiro atoms. The van der Waals surface area contributed by atoms with Crippen LogP contribution in [0.1, 0.15) is 45.6 Å². The predicted octanol–water partition coefficient (Wildman–Crippen LogP) is 2.96. The monoisotopic (exact) mass is 304 g/mol. The number of methoxy groups -OCH3 is 1. The van der Waals surface area contributed by atoms with Gasteiger partial charge in [0.25, 0.3) is 0 Å². The smallest absolute Gasteiger partial charge is 0.234 e. The Morgan fingerprint density at radius 1 is 1.32 bits per heavy atom. The Labute approximate surface area is 133 Å². The number of hydrogen-bond donors (Lipinski definition) is 1. The third kappa shape index (κ3) is 5.02. The van der Waals surface area contributed by atoms with Gasteiger partial charge in [0.05, 0.1) is 13.7 Å². The van der Waals surface area contributed by atoms with Crippen molar-refractivity contribution in [1.29, 1.82) is 0 Å². The molecule has 0 aromatic heterocycles. The van der Waals surface area contributed by atoms with E-state index in [1.807, 2.05) is 12.1 Å². The third-order valence-electron chi connectivity index (χ3n) is 4.32. The van der Waals surface area contributed by atoms with E-state index in [1.165, 1.54) is 18.4 Å². The van der Waals surface area contributed by atoms with Crippen molar-refractivity contribution >= 4 is 5.91 Å². The quantitative estimate of drug-likeness (QED) is 0.803. The topological polar surface area (TPSA) is 41.6 Å². The van der Waals surface area contributed by atoms with Crippen molar-refractivity contribution in [3.63, 3.8) is 0 Å². The van der Waals surface area contributed by atoms with E-state index in [9.17, 15) is 4.79 Å². The summed E-state index contributed by atoms with van der Waals surface area (Å²) < 4.78 is 5.19. The van der Waals surface area contributed by atoms with Crippen molar-refractivity contribution in [2.45, 2.75) is 58.2 Å². The number of nitrogens with zero attached hydrogens (tertiary/aromatic N) is 1. The van der Waals surface area contributed by atoms with Gasteiger partial charge in [0.1, 0.15) is 5.75 Å². The Balaban J connectivity index is 1.93. The van der Waals surface area contributed by atoms with Crippen LogP contribution in [0.2, 0.25) is 0 Å². The number of hydrogen-bond acceptors (Lipinski definition) is 3. The standard InChI is InChI=1S/C18H28N2O2/c1-5-18(2,3)19-17(21)13-20(15-8-9-15)12-14-6-10-16(22-4)11-7-14/h6-7,10-11,15H,5,8-9,12-13H2,1-4H3,(H,19,21). The number of amides is 1. The number of carbonyl (C=O) groups excluding carboxylic acids is 1. The molecule has 4 nitrogen and oxygen atoms in total. The lowest BCUT2D eigenvalue weighted by Crippen LogP contribution is -2.47.